The van der Waals surface area contributed by atoms with Crippen molar-refractivity contribution >= 4 is 29.5 Å². The molecule has 1 aromatic rings. The second-order valence-electron chi connectivity index (χ2n) is 17.4. The minimum atomic E-state index is -1.13. The number of nitrogens with one attached hydrogen (secondary N) is 3. The summed E-state index contributed by atoms with van der Waals surface area (Å²) in [4.78, 5) is 79.3. The first-order valence-corrected chi connectivity index (χ1v) is 21.5. The number of likely N-dealkylation sites (tertiary alicyclic amines) is 1. The smallest absolute Gasteiger partial charge is 0.272 e. The van der Waals surface area contributed by atoms with E-state index in [1.165, 1.54) is 5.06 Å². The number of rotatable bonds is 20. The Labute approximate surface area is 346 Å². The summed E-state index contributed by atoms with van der Waals surface area (Å²) in [6.45, 7) is 15.0. The zero-order chi connectivity index (χ0) is 42.9. The van der Waals surface area contributed by atoms with Gasteiger partial charge >= 0.3 is 0 Å². The summed E-state index contributed by atoms with van der Waals surface area (Å²) >= 11 is 0. The number of hydrogen-bond acceptors (Lipinski definition) is 9. The molecule has 326 valence electrons. The van der Waals surface area contributed by atoms with Crippen LogP contribution >= 0.6 is 0 Å². The highest BCUT2D eigenvalue weighted by atomic mass is 16.7. The van der Waals surface area contributed by atoms with Gasteiger partial charge in [-0.05, 0) is 62.5 Å². The summed E-state index contributed by atoms with van der Waals surface area (Å²) in [5, 5.41) is 10.6. The summed E-state index contributed by atoms with van der Waals surface area (Å²) in [5.74, 6) is -2.27. The Balaban J connectivity index is 1.51. The van der Waals surface area contributed by atoms with Crippen LogP contribution in [0.2, 0.25) is 0 Å². The Bertz CT molecular complexity index is 1540. The standard InChI is InChI=1S/C44H72N6O8/c1-12-29(6)38(48(9)42(54)37(28(4)5)46-41(53)36(45-8)27(2)3)34(56-10)25-35(51)49-22-18-21-33(49)39(57-11)30(7)40(52)47-44(43(55)50-23-16-17-24-58-50)26-32(44)31-19-14-13-15-20-31/h13-15,19-20,27-30,32-34,36-39,45H,12,16-18,21-26H2,1-11H3,(H,46,53)(H,47,52)/t29-,30+,32+,33-,34+,36-,37-,38+,39+,44-/m0/s1. The highest BCUT2D eigenvalue weighted by Gasteiger charge is 2.64. The Hall–Kier alpha value is -3.59. The zero-order valence-electron chi connectivity index (χ0n) is 36.9. The predicted molar refractivity (Wildman–Crippen MR) is 222 cm³/mol. The lowest BCUT2D eigenvalue weighted by Crippen LogP contribution is -2.59. The summed E-state index contributed by atoms with van der Waals surface area (Å²) in [7, 11) is 6.58. The zero-order valence-corrected chi connectivity index (χ0v) is 36.9. The Morgan fingerprint density at radius 1 is 0.914 bits per heavy atom. The molecular weight excluding hydrogens is 741 g/mol. The highest BCUT2D eigenvalue weighted by molar-refractivity contribution is 5.96. The molecule has 0 spiro atoms. The second kappa shape index (κ2) is 21.1. The number of carbonyl (C=O) groups excluding carboxylic acids is 5. The van der Waals surface area contributed by atoms with Crippen LogP contribution in [-0.4, -0.2) is 134 Å². The molecule has 3 aliphatic rings. The molecule has 1 aliphatic carbocycles. The van der Waals surface area contributed by atoms with Crippen molar-refractivity contribution in [2.75, 3.05) is 48.0 Å². The van der Waals surface area contributed by atoms with E-state index >= 15 is 0 Å². The van der Waals surface area contributed by atoms with E-state index < -0.39 is 41.8 Å². The quantitative estimate of drug-likeness (QED) is 0.178. The molecule has 3 fully saturated rings. The number of benzene rings is 1. The number of ether oxygens (including phenoxy) is 2. The van der Waals surface area contributed by atoms with E-state index in [9.17, 15) is 24.0 Å². The van der Waals surface area contributed by atoms with Crippen LogP contribution < -0.4 is 16.0 Å². The molecule has 0 bridgehead atoms. The van der Waals surface area contributed by atoms with Gasteiger partial charge in [-0.1, -0.05) is 85.2 Å². The van der Waals surface area contributed by atoms with Gasteiger partial charge in [-0.3, -0.25) is 28.8 Å². The molecule has 3 N–H and O–H groups in total. The van der Waals surface area contributed by atoms with Gasteiger partial charge in [-0.25, -0.2) is 5.06 Å². The fourth-order valence-electron chi connectivity index (χ4n) is 9.14. The number of amides is 5. The highest BCUT2D eigenvalue weighted by Crippen LogP contribution is 2.53. The normalized spacial score (nSPS) is 24.4. The molecule has 5 amide bonds. The van der Waals surface area contributed by atoms with E-state index in [1.807, 2.05) is 71.9 Å². The molecule has 2 saturated heterocycles. The van der Waals surface area contributed by atoms with Gasteiger partial charge in [-0.2, -0.15) is 0 Å². The first-order chi connectivity index (χ1) is 27.6. The lowest BCUT2D eigenvalue weighted by atomic mass is 9.89. The van der Waals surface area contributed by atoms with Crippen LogP contribution in [0.4, 0.5) is 0 Å². The number of carbonyl (C=O) groups is 5. The number of likely N-dealkylation sites (N-methyl/N-ethyl adjacent to an activating group) is 2. The Morgan fingerprint density at radius 2 is 1.59 bits per heavy atom. The number of hydrogen-bond donors (Lipinski definition) is 3. The van der Waals surface area contributed by atoms with E-state index in [2.05, 4.69) is 16.0 Å². The molecule has 0 unspecified atom stereocenters. The Kier molecular flexibility index (Phi) is 17.1. The topological polar surface area (TPSA) is 159 Å². The SMILES string of the molecule is CC[C@H](C)[C@H]([C@@H](CC(=O)N1CCC[C@H]1[C@H](OC)[C@@H](C)C(=O)N[C@@]1(C(=O)N2CCCCO2)C[C@@H]1c1ccccc1)OC)N(C)C(=O)[C@@H](NC(=O)[C@@H](NC)C(C)C)C(C)C. The van der Waals surface area contributed by atoms with E-state index in [-0.39, 0.29) is 65.7 Å². The van der Waals surface area contributed by atoms with E-state index in [1.54, 1.807) is 45.0 Å². The molecule has 4 rings (SSSR count). The minimum absolute atomic E-state index is 0.0106. The van der Waals surface area contributed by atoms with Crippen LogP contribution in [-0.2, 0) is 38.3 Å². The monoisotopic (exact) mass is 813 g/mol. The average molecular weight is 813 g/mol. The lowest BCUT2D eigenvalue weighted by molar-refractivity contribution is -0.200. The van der Waals surface area contributed by atoms with Gasteiger partial charge < -0.3 is 35.2 Å². The number of methoxy groups -OCH3 is 2. The number of hydroxylamine groups is 2. The lowest BCUT2D eigenvalue weighted by Gasteiger charge is -2.41. The fraction of sp³-hybridized carbons (Fsp3) is 0.750. The van der Waals surface area contributed by atoms with Crippen molar-refractivity contribution in [1.29, 1.82) is 0 Å². The van der Waals surface area contributed by atoms with Crippen molar-refractivity contribution in [2.24, 2.45) is 23.7 Å². The van der Waals surface area contributed by atoms with Crippen LogP contribution in [0.25, 0.3) is 0 Å². The van der Waals surface area contributed by atoms with Crippen molar-refractivity contribution in [3.63, 3.8) is 0 Å². The maximum atomic E-state index is 14.4. The maximum absolute atomic E-state index is 14.4. The molecule has 14 heteroatoms. The van der Waals surface area contributed by atoms with Gasteiger partial charge in [-0.15, -0.1) is 0 Å². The van der Waals surface area contributed by atoms with Crippen LogP contribution in [0.5, 0.6) is 0 Å². The summed E-state index contributed by atoms with van der Waals surface area (Å²) in [5.41, 5.74) is -0.154. The van der Waals surface area contributed by atoms with Crippen LogP contribution in [0.1, 0.15) is 105 Å². The third-order valence-electron chi connectivity index (χ3n) is 12.9. The van der Waals surface area contributed by atoms with Crippen LogP contribution in [0, 0.1) is 23.7 Å². The first kappa shape index (κ1) is 47.1. The predicted octanol–water partition coefficient (Wildman–Crippen LogP) is 3.89. The molecule has 58 heavy (non-hydrogen) atoms. The molecule has 2 heterocycles. The molecule has 1 saturated carbocycles. The van der Waals surface area contributed by atoms with Crippen molar-refractivity contribution in [3.8, 4) is 0 Å². The van der Waals surface area contributed by atoms with Gasteiger partial charge in [0.25, 0.3) is 5.91 Å². The first-order valence-electron chi connectivity index (χ1n) is 21.5. The van der Waals surface area contributed by atoms with Gasteiger partial charge in [0.1, 0.15) is 11.6 Å². The van der Waals surface area contributed by atoms with Gasteiger partial charge in [0.2, 0.25) is 23.6 Å². The summed E-state index contributed by atoms with van der Waals surface area (Å²) in [6.07, 6.45) is 3.01. The van der Waals surface area contributed by atoms with Gasteiger partial charge in [0.05, 0.1) is 49.3 Å². The van der Waals surface area contributed by atoms with Gasteiger partial charge in [0.15, 0.2) is 0 Å². The van der Waals surface area contributed by atoms with Crippen molar-refractivity contribution in [3.05, 3.63) is 35.9 Å². The molecule has 0 aromatic heterocycles. The largest absolute Gasteiger partial charge is 0.379 e. The summed E-state index contributed by atoms with van der Waals surface area (Å²) < 4.78 is 12.1. The van der Waals surface area contributed by atoms with Gasteiger partial charge in [0, 0.05) is 40.3 Å². The molecule has 2 aliphatic heterocycles. The second-order valence-corrected chi connectivity index (χ2v) is 17.4. The van der Waals surface area contributed by atoms with E-state index in [0.29, 0.717) is 32.5 Å². The fourth-order valence-corrected chi connectivity index (χ4v) is 9.14. The summed E-state index contributed by atoms with van der Waals surface area (Å²) in [6, 6.07) is 7.67. The molecule has 14 nitrogen and oxygen atoms in total. The Morgan fingerprint density at radius 3 is 2.14 bits per heavy atom. The van der Waals surface area contributed by atoms with E-state index in [0.717, 1.165) is 31.2 Å². The van der Waals surface area contributed by atoms with E-state index in [4.69, 9.17) is 14.3 Å². The molecule has 0 radical (unpaired) electrons. The molecular formula is C44H72N6O8. The van der Waals surface area contributed by atoms with Crippen molar-refractivity contribution in [1.82, 2.24) is 30.8 Å². The third-order valence-corrected chi connectivity index (χ3v) is 12.9. The maximum Gasteiger partial charge on any atom is 0.272 e. The van der Waals surface area contributed by atoms with Crippen molar-refractivity contribution < 1.29 is 38.3 Å². The van der Waals surface area contributed by atoms with Crippen molar-refractivity contribution in [2.45, 2.75) is 141 Å². The number of nitrogens with zero attached hydrogens (tertiary/aromatic N) is 3. The third kappa shape index (κ3) is 10.6. The van der Waals surface area contributed by atoms with Crippen LogP contribution in [0.3, 0.4) is 0 Å². The molecule has 1 aromatic carbocycles. The molecule has 10 atom stereocenters. The minimum Gasteiger partial charge on any atom is -0.379 e. The average Bonchev–Trinajstić information content (AvgIpc) is 3.74. The van der Waals surface area contributed by atoms with Crippen LogP contribution in [0.15, 0.2) is 30.3 Å².